The van der Waals surface area contributed by atoms with Crippen molar-refractivity contribution in [2.75, 3.05) is 5.32 Å². The SMILES string of the molecule is C=CCC(C)Nc1cnn(CCCC)c(=O)c1Cl. The van der Waals surface area contributed by atoms with Crippen molar-refractivity contribution in [2.24, 2.45) is 0 Å². The Balaban J connectivity index is 2.86. The summed E-state index contributed by atoms with van der Waals surface area (Å²) in [4.78, 5) is 11.9. The van der Waals surface area contributed by atoms with Crippen molar-refractivity contribution >= 4 is 17.3 Å². The molecule has 0 aromatic carbocycles. The van der Waals surface area contributed by atoms with Gasteiger partial charge in [-0.2, -0.15) is 5.10 Å². The molecule has 100 valence electrons. The zero-order valence-electron chi connectivity index (χ0n) is 10.9. The van der Waals surface area contributed by atoms with Crippen molar-refractivity contribution in [2.45, 2.75) is 45.7 Å². The first-order valence-electron chi connectivity index (χ1n) is 6.23. The molecule has 0 bridgehead atoms. The molecular formula is C13H20ClN3O. The third kappa shape index (κ3) is 3.88. The van der Waals surface area contributed by atoms with E-state index in [0.29, 0.717) is 12.2 Å². The number of nitrogens with one attached hydrogen (secondary N) is 1. The maximum absolute atomic E-state index is 11.9. The van der Waals surface area contributed by atoms with Gasteiger partial charge in [-0.05, 0) is 19.8 Å². The second-order valence-corrected chi connectivity index (χ2v) is 4.70. The van der Waals surface area contributed by atoms with Gasteiger partial charge in [0.25, 0.3) is 5.56 Å². The smallest absolute Gasteiger partial charge is 0.287 e. The van der Waals surface area contributed by atoms with Gasteiger partial charge in [0.1, 0.15) is 5.02 Å². The second-order valence-electron chi connectivity index (χ2n) is 4.32. The molecule has 4 nitrogen and oxygen atoms in total. The molecule has 0 amide bonds. The highest BCUT2D eigenvalue weighted by Crippen LogP contribution is 2.17. The number of hydrogen-bond donors (Lipinski definition) is 1. The first kappa shape index (κ1) is 14.8. The third-order valence-electron chi connectivity index (χ3n) is 2.63. The normalized spacial score (nSPS) is 12.2. The zero-order valence-corrected chi connectivity index (χ0v) is 11.7. The number of anilines is 1. The van der Waals surface area contributed by atoms with Gasteiger partial charge in [0.05, 0.1) is 11.9 Å². The maximum Gasteiger partial charge on any atom is 0.287 e. The minimum Gasteiger partial charge on any atom is -0.380 e. The summed E-state index contributed by atoms with van der Waals surface area (Å²) in [5.74, 6) is 0. The lowest BCUT2D eigenvalue weighted by Crippen LogP contribution is -2.25. The number of halogens is 1. The van der Waals surface area contributed by atoms with Gasteiger partial charge in [-0.15, -0.1) is 6.58 Å². The first-order chi connectivity index (χ1) is 8.60. The van der Waals surface area contributed by atoms with Crippen LogP contribution in [-0.4, -0.2) is 15.8 Å². The van der Waals surface area contributed by atoms with Crippen LogP contribution in [0.3, 0.4) is 0 Å². The summed E-state index contributed by atoms with van der Waals surface area (Å²) in [6.07, 6.45) is 6.17. The quantitative estimate of drug-likeness (QED) is 0.774. The van der Waals surface area contributed by atoms with Crippen molar-refractivity contribution in [3.05, 3.63) is 34.2 Å². The van der Waals surface area contributed by atoms with Crippen LogP contribution in [0.4, 0.5) is 5.69 Å². The summed E-state index contributed by atoms with van der Waals surface area (Å²) >= 11 is 6.06. The molecule has 0 saturated heterocycles. The van der Waals surface area contributed by atoms with Gasteiger partial charge in [-0.3, -0.25) is 4.79 Å². The molecule has 0 radical (unpaired) electrons. The van der Waals surface area contributed by atoms with E-state index in [4.69, 9.17) is 11.6 Å². The molecule has 1 heterocycles. The Labute approximate surface area is 113 Å². The van der Waals surface area contributed by atoms with Crippen LogP contribution in [0.5, 0.6) is 0 Å². The Morgan fingerprint density at radius 2 is 2.39 bits per heavy atom. The zero-order chi connectivity index (χ0) is 13.5. The lowest BCUT2D eigenvalue weighted by molar-refractivity contribution is 0.543. The van der Waals surface area contributed by atoms with Crippen molar-refractivity contribution in [1.29, 1.82) is 0 Å². The van der Waals surface area contributed by atoms with Crippen molar-refractivity contribution < 1.29 is 0 Å². The number of aryl methyl sites for hydroxylation is 1. The summed E-state index contributed by atoms with van der Waals surface area (Å²) in [5.41, 5.74) is 0.352. The Bertz CT molecular complexity index is 456. The molecule has 0 aliphatic heterocycles. The predicted octanol–water partition coefficient (Wildman–Crippen LogP) is 3.07. The molecule has 1 aromatic heterocycles. The Kier molecular flexibility index (Phi) is 5.92. The summed E-state index contributed by atoms with van der Waals surface area (Å²) in [5, 5.41) is 7.48. The monoisotopic (exact) mass is 269 g/mol. The molecule has 0 saturated carbocycles. The molecule has 1 atom stereocenters. The molecule has 0 spiro atoms. The number of aromatic nitrogens is 2. The Morgan fingerprint density at radius 1 is 1.67 bits per heavy atom. The van der Waals surface area contributed by atoms with E-state index >= 15 is 0 Å². The Hall–Kier alpha value is -1.29. The second kappa shape index (κ2) is 7.21. The maximum atomic E-state index is 11.9. The topological polar surface area (TPSA) is 46.9 Å². The molecule has 1 unspecified atom stereocenters. The number of nitrogens with zero attached hydrogens (tertiary/aromatic N) is 2. The van der Waals surface area contributed by atoms with E-state index in [9.17, 15) is 4.79 Å². The van der Waals surface area contributed by atoms with E-state index in [0.717, 1.165) is 19.3 Å². The minimum atomic E-state index is -0.235. The molecule has 5 heteroatoms. The van der Waals surface area contributed by atoms with Crippen LogP contribution in [0.2, 0.25) is 5.02 Å². The van der Waals surface area contributed by atoms with Gasteiger partial charge in [-0.25, -0.2) is 4.68 Å². The largest absolute Gasteiger partial charge is 0.380 e. The molecule has 0 aliphatic rings. The van der Waals surface area contributed by atoms with Crippen LogP contribution in [0.1, 0.15) is 33.1 Å². The molecule has 1 aromatic rings. The van der Waals surface area contributed by atoms with Crippen molar-refractivity contribution in [3.63, 3.8) is 0 Å². The van der Waals surface area contributed by atoms with E-state index in [1.54, 1.807) is 6.20 Å². The highest BCUT2D eigenvalue weighted by Gasteiger charge is 2.10. The molecule has 18 heavy (non-hydrogen) atoms. The predicted molar refractivity (Wildman–Crippen MR) is 76.3 cm³/mol. The summed E-state index contributed by atoms with van der Waals surface area (Å²) in [7, 11) is 0. The molecule has 1 rings (SSSR count). The molecular weight excluding hydrogens is 250 g/mol. The number of rotatable bonds is 7. The van der Waals surface area contributed by atoms with E-state index in [1.165, 1.54) is 4.68 Å². The standard InChI is InChI=1S/C13H20ClN3O/c1-4-6-8-17-13(18)12(14)11(9-15-17)16-10(3)7-5-2/h5,9-10,16H,2,4,6-8H2,1,3H3. The first-order valence-corrected chi connectivity index (χ1v) is 6.61. The fourth-order valence-electron chi connectivity index (χ4n) is 1.61. The van der Waals surface area contributed by atoms with Gasteiger partial charge in [0.15, 0.2) is 0 Å². The fraction of sp³-hybridized carbons (Fsp3) is 0.538. The van der Waals surface area contributed by atoms with Crippen LogP contribution in [0.15, 0.2) is 23.6 Å². The van der Waals surface area contributed by atoms with E-state index in [2.05, 4.69) is 23.9 Å². The van der Waals surface area contributed by atoms with Crippen molar-refractivity contribution in [3.8, 4) is 0 Å². The van der Waals surface area contributed by atoms with Crippen LogP contribution in [0, 0.1) is 0 Å². The van der Waals surface area contributed by atoms with Gasteiger partial charge in [0.2, 0.25) is 0 Å². The lowest BCUT2D eigenvalue weighted by Gasteiger charge is -2.14. The van der Waals surface area contributed by atoms with E-state index in [1.807, 2.05) is 13.0 Å². The molecule has 0 aliphatic carbocycles. The highest BCUT2D eigenvalue weighted by atomic mass is 35.5. The van der Waals surface area contributed by atoms with Gasteiger partial charge in [-0.1, -0.05) is 31.0 Å². The van der Waals surface area contributed by atoms with E-state index < -0.39 is 0 Å². The summed E-state index contributed by atoms with van der Waals surface area (Å²) in [6, 6.07) is 0.174. The number of unbranched alkanes of at least 4 members (excludes halogenated alkanes) is 1. The number of hydrogen-bond acceptors (Lipinski definition) is 3. The Morgan fingerprint density at radius 3 is 3.00 bits per heavy atom. The highest BCUT2D eigenvalue weighted by molar-refractivity contribution is 6.32. The lowest BCUT2D eigenvalue weighted by atomic mass is 10.2. The van der Waals surface area contributed by atoms with Gasteiger partial charge < -0.3 is 5.32 Å². The minimum absolute atomic E-state index is 0.174. The van der Waals surface area contributed by atoms with Crippen LogP contribution in [0.25, 0.3) is 0 Å². The molecule has 0 fully saturated rings. The third-order valence-corrected chi connectivity index (χ3v) is 3.00. The summed E-state index contributed by atoms with van der Waals surface area (Å²) < 4.78 is 1.41. The van der Waals surface area contributed by atoms with Gasteiger partial charge >= 0.3 is 0 Å². The average Bonchev–Trinajstić information content (AvgIpc) is 2.34. The summed E-state index contributed by atoms with van der Waals surface area (Å²) in [6.45, 7) is 8.35. The molecule has 1 N–H and O–H groups in total. The van der Waals surface area contributed by atoms with Crippen LogP contribution >= 0.6 is 11.6 Å². The average molecular weight is 270 g/mol. The van der Waals surface area contributed by atoms with Crippen molar-refractivity contribution in [1.82, 2.24) is 9.78 Å². The van der Waals surface area contributed by atoms with Crippen LogP contribution < -0.4 is 10.9 Å². The van der Waals surface area contributed by atoms with E-state index in [-0.39, 0.29) is 16.6 Å². The van der Waals surface area contributed by atoms with Gasteiger partial charge in [0, 0.05) is 12.6 Å². The fourth-order valence-corrected chi connectivity index (χ4v) is 1.81. The van der Waals surface area contributed by atoms with Crippen LogP contribution in [-0.2, 0) is 6.54 Å².